The number of hydrogen-bond acceptors (Lipinski definition) is 4. The van der Waals surface area contributed by atoms with Crippen molar-refractivity contribution in [3.05, 3.63) is 39.4 Å². The Morgan fingerprint density at radius 3 is 2.64 bits per heavy atom. The number of carbonyl (C=O) groups is 1. The number of amides is 1. The van der Waals surface area contributed by atoms with E-state index >= 15 is 0 Å². The van der Waals surface area contributed by atoms with Gasteiger partial charge in [0.2, 0.25) is 0 Å². The Morgan fingerprint density at radius 1 is 1.57 bits per heavy atom. The maximum absolute atomic E-state index is 10.8. The number of nitro groups is 1. The van der Waals surface area contributed by atoms with Crippen LogP contribution in [0.2, 0.25) is 0 Å². The summed E-state index contributed by atoms with van der Waals surface area (Å²) < 4.78 is 0. The highest BCUT2D eigenvalue weighted by Crippen LogP contribution is 2.18. The van der Waals surface area contributed by atoms with Gasteiger partial charge in [-0.1, -0.05) is 0 Å². The Labute approximate surface area is 78.7 Å². The van der Waals surface area contributed by atoms with Crippen LogP contribution in [0.5, 0.6) is 0 Å². The molecule has 0 fully saturated rings. The van der Waals surface area contributed by atoms with E-state index in [1.165, 1.54) is 6.07 Å². The van der Waals surface area contributed by atoms with Crippen LogP contribution in [-0.4, -0.2) is 10.8 Å². The summed E-state index contributed by atoms with van der Waals surface area (Å²) in [6.45, 7) is 0. The molecular weight excluding hydrogens is 186 g/mol. The molecule has 0 radical (unpaired) electrons. The number of benzene rings is 1. The molecule has 1 rings (SSSR count). The summed E-state index contributed by atoms with van der Waals surface area (Å²) in [6.07, 6.45) is 0. The van der Waals surface area contributed by atoms with E-state index < -0.39 is 16.5 Å². The molecule has 0 bridgehead atoms. The smallest absolute Gasteiger partial charge is 0.282 e. The first-order valence-corrected chi connectivity index (χ1v) is 3.54. The second kappa shape index (κ2) is 3.53. The van der Waals surface area contributed by atoms with Crippen LogP contribution in [0.4, 0.5) is 5.69 Å². The maximum atomic E-state index is 10.8. The largest absolute Gasteiger partial charge is 0.365 e. The van der Waals surface area contributed by atoms with Crippen LogP contribution >= 0.6 is 0 Å². The number of carbonyl (C=O) groups excluding carboxylic acids is 1. The average Bonchev–Trinajstić information content (AvgIpc) is 2.16. The molecular formula is C8H5N3O3. The van der Waals surface area contributed by atoms with E-state index in [4.69, 9.17) is 11.0 Å². The molecule has 0 atom stereocenters. The number of hydrogen-bond donors (Lipinski definition) is 1. The minimum atomic E-state index is -0.922. The van der Waals surface area contributed by atoms with Crippen molar-refractivity contribution in [2.24, 2.45) is 5.73 Å². The van der Waals surface area contributed by atoms with Gasteiger partial charge < -0.3 is 5.73 Å². The zero-order valence-corrected chi connectivity index (χ0v) is 6.93. The van der Waals surface area contributed by atoms with Crippen molar-refractivity contribution in [3.63, 3.8) is 0 Å². The van der Waals surface area contributed by atoms with E-state index in [9.17, 15) is 14.9 Å². The lowest BCUT2D eigenvalue weighted by Crippen LogP contribution is -2.13. The quantitative estimate of drug-likeness (QED) is 0.543. The third kappa shape index (κ3) is 1.67. The predicted octanol–water partition coefficient (Wildman–Crippen LogP) is 0.565. The number of nitrogens with two attached hydrogens (primary N) is 1. The van der Waals surface area contributed by atoms with Crippen LogP contribution < -0.4 is 5.73 Å². The first kappa shape index (κ1) is 9.67. The predicted molar refractivity (Wildman–Crippen MR) is 46.3 cm³/mol. The fraction of sp³-hybridized carbons (Fsp3) is 0. The minimum Gasteiger partial charge on any atom is -0.365 e. The molecule has 1 aromatic rings. The lowest BCUT2D eigenvalue weighted by molar-refractivity contribution is -0.385. The van der Waals surface area contributed by atoms with Crippen LogP contribution in [0.3, 0.4) is 0 Å². The number of primary amides is 1. The van der Waals surface area contributed by atoms with Gasteiger partial charge in [-0.15, -0.1) is 0 Å². The van der Waals surface area contributed by atoms with Gasteiger partial charge in [0.15, 0.2) is 0 Å². The van der Waals surface area contributed by atoms with Gasteiger partial charge in [0.25, 0.3) is 11.6 Å². The van der Waals surface area contributed by atoms with Crippen LogP contribution in [0.25, 0.3) is 0 Å². The van der Waals surface area contributed by atoms with E-state index in [0.29, 0.717) is 0 Å². The Morgan fingerprint density at radius 2 is 2.21 bits per heavy atom. The zero-order chi connectivity index (χ0) is 10.7. The lowest BCUT2D eigenvalue weighted by Gasteiger charge is -1.97. The SMILES string of the molecule is N#Cc1ccc([N+](=O)[O-])c(C(N)=O)c1. The van der Waals surface area contributed by atoms with Gasteiger partial charge in [-0.05, 0) is 12.1 Å². The second-order valence-electron chi connectivity index (χ2n) is 2.47. The van der Waals surface area contributed by atoms with E-state index in [1.807, 2.05) is 0 Å². The minimum absolute atomic E-state index is 0.157. The molecule has 0 spiro atoms. The van der Waals surface area contributed by atoms with Gasteiger partial charge in [-0.3, -0.25) is 14.9 Å². The Hall–Kier alpha value is -2.42. The van der Waals surface area contributed by atoms with Gasteiger partial charge in [-0.2, -0.15) is 5.26 Å². The van der Waals surface area contributed by atoms with Crippen molar-refractivity contribution in [1.82, 2.24) is 0 Å². The normalized spacial score (nSPS) is 9.07. The number of nitriles is 1. The van der Waals surface area contributed by atoms with Crippen molar-refractivity contribution in [2.75, 3.05) is 0 Å². The Bertz CT molecular complexity index is 448. The summed E-state index contributed by atoms with van der Waals surface area (Å²) >= 11 is 0. The van der Waals surface area contributed by atoms with E-state index in [0.717, 1.165) is 12.1 Å². The molecule has 1 aromatic carbocycles. The summed E-state index contributed by atoms with van der Waals surface area (Å²) in [6, 6.07) is 5.19. The molecule has 0 aliphatic heterocycles. The highest BCUT2D eigenvalue weighted by atomic mass is 16.6. The summed E-state index contributed by atoms with van der Waals surface area (Å²) in [5.74, 6) is -0.922. The topological polar surface area (TPSA) is 110 Å². The zero-order valence-electron chi connectivity index (χ0n) is 6.93. The highest BCUT2D eigenvalue weighted by Gasteiger charge is 2.18. The van der Waals surface area contributed by atoms with Gasteiger partial charge in [-0.25, -0.2) is 0 Å². The Balaban J connectivity index is 3.40. The van der Waals surface area contributed by atoms with Gasteiger partial charge in [0.1, 0.15) is 5.56 Å². The molecule has 6 nitrogen and oxygen atoms in total. The summed E-state index contributed by atoms with van der Waals surface area (Å²) in [7, 11) is 0. The monoisotopic (exact) mass is 191 g/mol. The van der Waals surface area contributed by atoms with Crippen LogP contribution in [0.1, 0.15) is 15.9 Å². The van der Waals surface area contributed by atoms with E-state index in [1.54, 1.807) is 6.07 Å². The maximum Gasteiger partial charge on any atom is 0.282 e. The molecule has 6 heteroatoms. The Kier molecular flexibility index (Phi) is 2.44. The van der Waals surface area contributed by atoms with Crippen molar-refractivity contribution in [3.8, 4) is 6.07 Å². The lowest BCUT2D eigenvalue weighted by atomic mass is 10.1. The third-order valence-corrected chi connectivity index (χ3v) is 1.59. The standard InChI is InChI=1S/C8H5N3O3/c9-4-5-1-2-7(11(13)14)6(3-5)8(10)12/h1-3H,(H2,10,12). The van der Waals surface area contributed by atoms with Crippen molar-refractivity contribution < 1.29 is 9.72 Å². The molecule has 1 amide bonds. The van der Waals surface area contributed by atoms with Crippen LogP contribution in [0.15, 0.2) is 18.2 Å². The molecule has 0 aromatic heterocycles. The van der Waals surface area contributed by atoms with E-state index in [2.05, 4.69) is 0 Å². The van der Waals surface area contributed by atoms with Crippen LogP contribution in [0, 0.1) is 21.4 Å². The molecule has 2 N–H and O–H groups in total. The summed E-state index contributed by atoms with van der Waals surface area (Å²) in [5.41, 5.74) is 4.43. The molecule has 0 unspecified atom stereocenters. The summed E-state index contributed by atoms with van der Waals surface area (Å²) in [4.78, 5) is 20.5. The van der Waals surface area contributed by atoms with Gasteiger partial charge in [0, 0.05) is 6.07 Å². The van der Waals surface area contributed by atoms with Gasteiger partial charge in [0.05, 0.1) is 16.6 Å². The van der Waals surface area contributed by atoms with Crippen molar-refractivity contribution >= 4 is 11.6 Å². The molecule has 70 valence electrons. The first-order chi connectivity index (χ1) is 6.56. The molecule has 0 saturated carbocycles. The molecule has 0 heterocycles. The molecule has 0 aliphatic rings. The molecule has 14 heavy (non-hydrogen) atoms. The summed E-state index contributed by atoms with van der Waals surface area (Å²) in [5, 5.41) is 18.9. The third-order valence-electron chi connectivity index (χ3n) is 1.59. The number of nitrogens with zero attached hydrogens (tertiary/aromatic N) is 2. The molecule has 0 aliphatic carbocycles. The van der Waals surface area contributed by atoms with Gasteiger partial charge >= 0.3 is 0 Å². The van der Waals surface area contributed by atoms with Crippen LogP contribution in [-0.2, 0) is 0 Å². The highest BCUT2D eigenvalue weighted by molar-refractivity contribution is 5.97. The second-order valence-corrected chi connectivity index (χ2v) is 2.47. The fourth-order valence-electron chi connectivity index (χ4n) is 0.962. The molecule has 0 saturated heterocycles. The van der Waals surface area contributed by atoms with Crippen molar-refractivity contribution in [1.29, 1.82) is 5.26 Å². The average molecular weight is 191 g/mol. The van der Waals surface area contributed by atoms with Crippen molar-refractivity contribution in [2.45, 2.75) is 0 Å². The first-order valence-electron chi connectivity index (χ1n) is 3.54. The fourth-order valence-corrected chi connectivity index (χ4v) is 0.962. The number of rotatable bonds is 2. The number of nitro benzene ring substituents is 1. The van der Waals surface area contributed by atoms with E-state index in [-0.39, 0.29) is 11.1 Å².